The van der Waals surface area contributed by atoms with Crippen LogP contribution in [-0.4, -0.2) is 13.0 Å². The molecule has 2 aromatic rings. The zero-order valence-corrected chi connectivity index (χ0v) is 11.4. The molecule has 0 unspecified atom stereocenters. The van der Waals surface area contributed by atoms with Gasteiger partial charge in [-0.1, -0.05) is 30.3 Å². The Morgan fingerprint density at radius 1 is 0.947 bits per heavy atom. The molecule has 0 heterocycles. The topological polar surface area (TPSA) is 69.2 Å². The average Bonchev–Trinajstić information content (AvgIpc) is 2.37. The molecule has 6 heteroatoms. The molecule has 2 aromatic carbocycles. The fraction of sp³-hybridized carbons (Fsp3) is 0.0769. The van der Waals surface area contributed by atoms with Crippen LogP contribution in [0.2, 0.25) is 0 Å². The number of hydrogen-bond donors (Lipinski definition) is 1. The third kappa shape index (κ3) is 4.73. The van der Waals surface area contributed by atoms with Gasteiger partial charge in [-0.05, 0) is 29.8 Å². The van der Waals surface area contributed by atoms with Crippen molar-refractivity contribution in [2.45, 2.75) is 11.4 Å². The van der Waals surface area contributed by atoms with Gasteiger partial charge in [-0.3, -0.25) is 0 Å². The van der Waals surface area contributed by atoms with E-state index in [9.17, 15) is 13.0 Å². The number of benzene rings is 2. The molecular formula is C13H12LiNO3S. The predicted molar refractivity (Wildman–Crippen MR) is 68.2 cm³/mol. The molecule has 0 bridgehead atoms. The van der Waals surface area contributed by atoms with Gasteiger partial charge in [-0.2, -0.15) is 0 Å². The van der Waals surface area contributed by atoms with Crippen molar-refractivity contribution in [3.05, 3.63) is 60.2 Å². The fourth-order valence-corrected chi connectivity index (χ4v) is 2.01. The molecule has 2 rings (SSSR count). The summed E-state index contributed by atoms with van der Waals surface area (Å²) in [5.41, 5.74) is 1.89. The molecule has 1 N–H and O–H groups in total. The molecule has 0 radical (unpaired) electrons. The van der Waals surface area contributed by atoms with Crippen molar-refractivity contribution < 1.29 is 31.8 Å². The average molecular weight is 269 g/mol. The van der Waals surface area contributed by atoms with Crippen molar-refractivity contribution in [1.29, 1.82) is 0 Å². The Hall–Kier alpha value is -1.25. The Morgan fingerprint density at radius 3 is 2.05 bits per heavy atom. The van der Waals surface area contributed by atoms with Crippen molar-refractivity contribution in [2.24, 2.45) is 0 Å². The van der Waals surface area contributed by atoms with Crippen LogP contribution in [0, 0.1) is 0 Å². The predicted octanol–water partition coefficient (Wildman–Crippen LogP) is -0.793. The van der Waals surface area contributed by atoms with Gasteiger partial charge in [0.1, 0.15) is 10.1 Å². The van der Waals surface area contributed by atoms with Crippen LogP contribution in [0.5, 0.6) is 0 Å². The summed E-state index contributed by atoms with van der Waals surface area (Å²) in [5, 5.41) is 3.14. The SMILES string of the molecule is O=S(=O)([O-])c1ccc(NCc2ccccc2)cc1.[Li+]. The first-order valence-electron chi connectivity index (χ1n) is 5.39. The van der Waals surface area contributed by atoms with E-state index < -0.39 is 10.1 Å². The first-order chi connectivity index (χ1) is 8.55. The van der Waals surface area contributed by atoms with Crippen molar-refractivity contribution >= 4 is 15.8 Å². The second-order valence-corrected chi connectivity index (χ2v) is 5.20. The summed E-state index contributed by atoms with van der Waals surface area (Å²) < 4.78 is 32.2. The van der Waals surface area contributed by atoms with E-state index in [1.165, 1.54) is 12.1 Å². The molecule has 0 aliphatic heterocycles. The first-order valence-corrected chi connectivity index (χ1v) is 6.80. The summed E-state index contributed by atoms with van der Waals surface area (Å²) in [7, 11) is -4.36. The smallest absolute Gasteiger partial charge is 0.744 e. The Labute approximate surface area is 124 Å². The summed E-state index contributed by atoms with van der Waals surface area (Å²) in [6, 6.07) is 15.6. The number of rotatable bonds is 4. The molecule has 0 atom stereocenters. The molecule has 4 nitrogen and oxygen atoms in total. The summed E-state index contributed by atoms with van der Waals surface area (Å²) in [4.78, 5) is -0.215. The Kier molecular flexibility index (Phi) is 5.64. The van der Waals surface area contributed by atoms with Gasteiger partial charge in [0.2, 0.25) is 0 Å². The fourth-order valence-electron chi connectivity index (χ4n) is 1.54. The third-order valence-electron chi connectivity index (χ3n) is 2.48. The van der Waals surface area contributed by atoms with Crippen molar-refractivity contribution in [1.82, 2.24) is 0 Å². The van der Waals surface area contributed by atoms with Crippen molar-refractivity contribution in [3.63, 3.8) is 0 Å². The van der Waals surface area contributed by atoms with E-state index in [-0.39, 0.29) is 23.8 Å². The van der Waals surface area contributed by atoms with Gasteiger partial charge in [0, 0.05) is 12.2 Å². The Bertz CT molecular complexity index is 612. The van der Waals surface area contributed by atoms with Crippen LogP contribution >= 0.6 is 0 Å². The maximum atomic E-state index is 10.7. The van der Waals surface area contributed by atoms with Crippen LogP contribution in [0.1, 0.15) is 5.56 Å². The monoisotopic (exact) mass is 269 g/mol. The van der Waals surface area contributed by atoms with E-state index in [2.05, 4.69) is 5.32 Å². The van der Waals surface area contributed by atoms with E-state index in [1.807, 2.05) is 30.3 Å². The Balaban J connectivity index is 0.00000180. The standard InChI is InChI=1S/C13H13NO3S.Li/c15-18(16,17)13-8-6-12(7-9-13)14-10-11-4-2-1-3-5-11;/h1-9,14H,10H2,(H,15,16,17);/q;+1/p-1. The van der Waals surface area contributed by atoms with Crippen LogP contribution in [0.3, 0.4) is 0 Å². The zero-order chi connectivity index (χ0) is 13.0. The second-order valence-electron chi connectivity index (χ2n) is 3.82. The minimum absolute atomic E-state index is 0. The molecule has 19 heavy (non-hydrogen) atoms. The van der Waals surface area contributed by atoms with Gasteiger partial charge < -0.3 is 9.87 Å². The summed E-state index contributed by atoms with van der Waals surface area (Å²) in [5.74, 6) is 0. The zero-order valence-electron chi connectivity index (χ0n) is 10.5. The van der Waals surface area contributed by atoms with Gasteiger partial charge in [0.25, 0.3) is 0 Å². The molecule has 0 saturated heterocycles. The van der Waals surface area contributed by atoms with Crippen LogP contribution in [0.15, 0.2) is 59.5 Å². The van der Waals surface area contributed by atoms with Gasteiger partial charge in [-0.25, -0.2) is 8.42 Å². The number of nitrogens with one attached hydrogen (secondary N) is 1. The van der Waals surface area contributed by atoms with E-state index in [0.717, 1.165) is 11.3 Å². The van der Waals surface area contributed by atoms with E-state index >= 15 is 0 Å². The molecule has 0 spiro atoms. The molecule has 0 saturated carbocycles. The molecule has 0 amide bonds. The molecule has 0 fully saturated rings. The van der Waals surface area contributed by atoms with E-state index in [1.54, 1.807) is 12.1 Å². The largest absolute Gasteiger partial charge is 1.00 e. The van der Waals surface area contributed by atoms with Gasteiger partial charge in [0.05, 0.1) is 4.90 Å². The maximum Gasteiger partial charge on any atom is 1.00 e. The number of anilines is 1. The molecule has 0 aliphatic rings. The van der Waals surface area contributed by atoms with Crippen LogP contribution in [-0.2, 0) is 16.7 Å². The Morgan fingerprint density at radius 2 is 1.53 bits per heavy atom. The van der Waals surface area contributed by atoms with Crippen LogP contribution < -0.4 is 24.2 Å². The minimum Gasteiger partial charge on any atom is -0.744 e. The molecular weight excluding hydrogens is 257 g/mol. The normalized spacial score (nSPS) is 10.6. The maximum absolute atomic E-state index is 10.7. The minimum atomic E-state index is -4.36. The van der Waals surface area contributed by atoms with Crippen LogP contribution in [0.4, 0.5) is 5.69 Å². The summed E-state index contributed by atoms with van der Waals surface area (Å²) in [6.45, 7) is 0.643. The van der Waals surface area contributed by atoms with Crippen LogP contribution in [0.25, 0.3) is 0 Å². The van der Waals surface area contributed by atoms with Crippen molar-refractivity contribution in [2.75, 3.05) is 5.32 Å². The quantitative estimate of drug-likeness (QED) is 0.583. The van der Waals surface area contributed by atoms with Gasteiger partial charge >= 0.3 is 18.9 Å². The van der Waals surface area contributed by atoms with E-state index in [4.69, 9.17) is 0 Å². The second kappa shape index (κ2) is 6.78. The van der Waals surface area contributed by atoms with E-state index in [0.29, 0.717) is 6.54 Å². The van der Waals surface area contributed by atoms with Gasteiger partial charge in [0.15, 0.2) is 0 Å². The first kappa shape index (κ1) is 15.8. The van der Waals surface area contributed by atoms with Gasteiger partial charge in [-0.15, -0.1) is 0 Å². The molecule has 94 valence electrons. The molecule has 0 aliphatic carbocycles. The molecule has 0 aromatic heterocycles. The number of hydrogen-bond acceptors (Lipinski definition) is 4. The summed E-state index contributed by atoms with van der Waals surface area (Å²) in [6.07, 6.45) is 0. The van der Waals surface area contributed by atoms with Crippen molar-refractivity contribution in [3.8, 4) is 0 Å². The summed E-state index contributed by atoms with van der Waals surface area (Å²) >= 11 is 0. The third-order valence-corrected chi connectivity index (χ3v) is 3.33.